The number of rotatable bonds is 5. The zero-order valence-corrected chi connectivity index (χ0v) is 17.2. The number of aromatic amines is 1. The van der Waals surface area contributed by atoms with Crippen molar-refractivity contribution < 1.29 is 9.59 Å². The van der Waals surface area contributed by atoms with E-state index in [1.165, 1.54) is 19.8 Å². The van der Waals surface area contributed by atoms with Crippen LogP contribution in [-0.4, -0.2) is 44.6 Å². The van der Waals surface area contributed by atoms with E-state index >= 15 is 0 Å². The van der Waals surface area contributed by atoms with Gasteiger partial charge in [0, 0.05) is 43.7 Å². The SMILES string of the molecule is CC(=O)Nc1ccc(C=CC(=O)N2CCC(c3n[nH]c(=S)n3C3CC3)CC2)cc1. The average Bonchev–Trinajstić information content (AvgIpc) is 3.48. The zero-order chi connectivity index (χ0) is 20.4. The smallest absolute Gasteiger partial charge is 0.246 e. The Labute approximate surface area is 174 Å². The van der Waals surface area contributed by atoms with E-state index in [-0.39, 0.29) is 11.8 Å². The highest BCUT2D eigenvalue weighted by Gasteiger charge is 2.32. The van der Waals surface area contributed by atoms with Gasteiger partial charge < -0.3 is 14.8 Å². The van der Waals surface area contributed by atoms with Gasteiger partial charge in [-0.05, 0) is 61.7 Å². The Morgan fingerprint density at radius 2 is 1.86 bits per heavy atom. The van der Waals surface area contributed by atoms with Crippen molar-refractivity contribution >= 4 is 35.8 Å². The number of aromatic nitrogens is 3. The first kappa shape index (κ1) is 19.6. The van der Waals surface area contributed by atoms with Gasteiger partial charge in [-0.3, -0.25) is 14.7 Å². The number of H-pyrrole nitrogens is 1. The zero-order valence-electron chi connectivity index (χ0n) is 16.4. The van der Waals surface area contributed by atoms with Crippen molar-refractivity contribution in [3.8, 4) is 0 Å². The second-order valence-corrected chi connectivity index (χ2v) is 8.11. The monoisotopic (exact) mass is 411 g/mol. The number of hydrogen-bond acceptors (Lipinski definition) is 4. The summed E-state index contributed by atoms with van der Waals surface area (Å²) in [5, 5.41) is 10.1. The lowest BCUT2D eigenvalue weighted by atomic mass is 9.95. The van der Waals surface area contributed by atoms with Crippen LogP contribution in [0.1, 0.15) is 56.0 Å². The molecule has 29 heavy (non-hydrogen) atoms. The molecule has 1 aromatic heterocycles. The molecule has 1 saturated carbocycles. The number of benzene rings is 1. The second kappa shape index (κ2) is 8.32. The van der Waals surface area contributed by atoms with Crippen LogP contribution < -0.4 is 5.32 Å². The maximum atomic E-state index is 12.6. The molecule has 2 aromatic rings. The van der Waals surface area contributed by atoms with Crippen molar-refractivity contribution in [3.05, 3.63) is 46.5 Å². The van der Waals surface area contributed by atoms with E-state index in [2.05, 4.69) is 20.1 Å². The van der Waals surface area contributed by atoms with Gasteiger partial charge in [0.15, 0.2) is 4.77 Å². The number of carbonyl (C=O) groups excluding carboxylic acids is 2. The Kier molecular flexibility index (Phi) is 5.62. The number of nitrogens with zero attached hydrogens (tertiary/aromatic N) is 3. The van der Waals surface area contributed by atoms with Crippen LogP contribution in [0.3, 0.4) is 0 Å². The summed E-state index contributed by atoms with van der Waals surface area (Å²) in [7, 11) is 0. The van der Waals surface area contributed by atoms with E-state index in [4.69, 9.17) is 12.2 Å². The molecular weight excluding hydrogens is 386 g/mol. The molecular formula is C21H25N5O2S. The quantitative estimate of drug-likeness (QED) is 0.581. The molecule has 8 heteroatoms. The second-order valence-electron chi connectivity index (χ2n) is 7.72. The van der Waals surface area contributed by atoms with Gasteiger partial charge in [0.1, 0.15) is 5.82 Å². The Balaban J connectivity index is 1.33. The van der Waals surface area contributed by atoms with Gasteiger partial charge in [0.05, 0.1) is 0 Å². The van der Waals surface area contributed by atoms with Crippen molar-refractivity contribution in [1.82, 2.24) is 19.7 Å². The maximum Gasteiger partial charge on any atom is 0.246 e. The Morgan fingerprint density at radius 3 is 2.48 bits per heavy atom. The molecule has 2 amide bonds. The number of hydrogen-bond donors (Lipinski definition) is 2. The van der Waals surface area contributed by atoms with E-state index in [1.807, 2.05) is 35.2 Å². The maximum absolute atomic E-state index is 12.6. The third-order valence-corrected chi connectivity index (χ3v) is 5.75. The van der Waals surface area contributed by atoms with Crippen LogP contribution >= 0.6 is 12.2 Å². The average molecular weight is 412 g/mol. The molecule has 1 saturated heterocycles. The minimum absolute atomic E-state index is 0.0236. The molecule has 2 aliphatic rings. The summed E-state index contributed by atoms with van der Waals surface area (Å²) >= 11 is 5.38. The third-order valence-electron chi connectivity index (χ3n) is 5.46. The topological polar surface area (TPSA) is 83.0 Å². The summed E-state index contributed by atoms with van der Waals surface area (Å²) in [5.41, 5.74) is 1.66. The van der Waals surface area contributed by atoms with Gasteiger partial charge in [-0.2, -0.15) is 5.10 Å². The summed E-state index contributed by atoms with van der Waals surface area (Å²) in [6.45, 7) is 2.92. The molecule has 0 radical (unpaired) electrons. The largest absolute Gasteiger partial charge is 0.339 e. The predicted molar refractivity (Wildman–Crippen MR) is 114 cm³/mol. The first-order valence-electron chi connectivity index (χ1n) is 10.0. The number of nitrogens with one attached hydrogen (secondary N) is 2. The standard InChI is InChI=1S/C21H25N5O2S/c1-14(27)22-17-5-2-15(3-6-17)4-9-19(28)25-12-10-16(11-13-25)20-23-24-21(29)26(20)18-7-8-18/h2-6,9,16,18H,7-8,10-13H2,1H3,(H,22,27)(H,24,29). The molecule has 1 aliphatic heterocycles. The van der Waals surface area contributed by atoms with Crippen LogP contribution in [0.4, 0.5) is 5.69 Å². The molecule has 0 unspecified atom stereocenters. The van der Waals surface area contributed by atoms with Gasteiger partial charge >= 0.3 is 0 Å². The van der Waals surface area contributed by atoms with Crippen LogP contribution in [-0.2, 0) is 9.59 Å². The fraction of sp³-hybridized carbons (Fsp3) is 0.429. The molecule has 7 nitrogen and oxygen atoms in total. The van der Waals surface area contributed by atoms with Crippen molar-refractivity contribution in [3.63, 3.8) is 0 Å². The van der Waals surface area contributed by atoms with Crippen LogP contribution in [0, 0.1) is 4.77 Å². The van der Waals surface area contributed by atoms with Gasteiger partial charge in [-0.1, -0.05) is 12.1 Å². The molecule has 0 spiro atoms. The molecule has 152 valence electrons. The first-order chi connectivity index (χ1) is 14.0. The van der Waals surface area contributed by atoms with Crippen molar-refractivity contribution in [1.29, 1.82) is 0 Å². The van der Waals surface area contributed by atoms with Crippen molar-refractivity contribution in [2.75, 3.05) is 18.4 Å². The van der Waals surface area contributed by atoms with E-state index in [0.29, 0.717) is 16.7 Å². The van der Waals surface area contributed by atoms with E-state index in [9.17, 15) is 9.59 Å². The molecule has 0 bridgehead atoms. The highest BCUT2D eigenvalue weighted by Crippen LogP contribution is 2.38. The highest BCUT2D eigenvalue weighted by molar-refractivity contribution is 7.71. The Hall–Kier alpha value is -2.74. The highest BCUT2D eigenvalue weighted by atomic mass is 32.1. The van der Waals surface area contributed by atoms with Crippen molar-refractivity contribution in [2.45, 2.75) is 44.6 Å². The number of carbonyl (C=O) groups is 2. The summed E-state index contributed by atoms with van der Waals surface area (Å²) in [6, 6.07) is 7.91. The van der Waals surface area contributed by atoms with Crippen LogP contribution in [0.2, 0.25) is 0 Å². The third kappa shape index (κ3) is 4.64. The van der Waals surface area contributed by atoms with E-state index in [0.717, 1.165) is 43.0 Å². The van der Waals surface area contributed by atoms with Crippen molar-refractivity contribution in [2.24, 2.45) is 0 Å². The lowest BCUT2D eigenvalue weighted by Gasteiger charge is -2.31. The van der Waals surface area contributed by atoms with Gasteiger partial charge in [-0.25, -0.2) is 0 Å². The summed E-state index contributed by atoms with van der Waals surface area (Å²) in [4.78, 5) is 25.5. The van der Waals surface area contributed by atoms with Crippen LogP contribution in [0.5, 0.6) is 0 Å². The summed E-state index contributed by atoms with van der Waals surface area (Å²) in [6.07, 6.45) is 7.58. The first-order valence-corrected chi connectivity index (χ1v) is 10.4. The summed E-state index contributed by atoms with van der Waals surface area (Å²) in [5.74, 6) is 1.32. The lowest BCUT2D eigenvalue weighted by Crippen LogP contribution is -2.37. The minimum atomic E-state index is -0.103. The minimum Gasteiger partial charge on any atom is -0.339 e. The fourth-order valence-electron chi connectivity index (χ4n) is 3.80. The van der Waals surface area contributed by atoms with E-state index < -0.39 is 0 Å². The molecule has 4 rings (SSSR count). The Morgan fingerprint density at radius 1 is 1.17 bits per heavy atom. The normalized spacial score (nSPS) is 17.6. The fourth-order valence-corrected chi connectivity index (χ4v) is 4.09. The van der Waals surface area contributed by atoms with Gasteiger partial charge in [-0.15, -0.1) is 0 Å². The number of amides is 2. The molecule has 2 fully saturated rings. The predicted octanol–water partition coefficient (Wildman–Crippen LogP) is 3.65. The molecule has 2 heterocycles. The number of likely N-dealkylation sites (tertiary alicyclic amines) is 1. The Bertz CT molecular complexity index is 979. The van der Waals surface area contributed by atoms with Gasteiger partial charge in [0.2, 0.25) is 11.8 Å². The van der Waals surface area contributed by atoms with E-state index in [1.54, 1.807) is 6.08 Å². The summed E-state index contributed by atoms with van der Waals surface area (Å²) < 4.78 is 2.90. The van der Waals surface area contributed by atoms with Gasteiger partial charge in [0.25, 0.3) is 0 Å². The van der Waals surface area contributed by atoms with Crippen LogP contribution in [0.15, 0.2) is 30.3 Å². The molecule has 1 aromatic carbocycles. The number of piperidine rings is 1. The van der Waals surface area contributed by atoms with Crippen LogP contribution in [0.25, 0.3) is 6.08 Å². The number of anilines is 1. The lowest BCUT2D eigenvalue weighted by molar-refractivity contribution is -0.127. The molecule has 2 N–H and O–H groups in total. The molecule has 1 aliphatic carbocycles. The molecule has 0 atom stereocenters.